The highest BCUT2D eigenvalue weighted by Crippen LogP contribution is 2.18. The first-order valence-electron chi connectivity index (χ1n) is 6.65. The van der Waals surface area contributed by atoms with Gasteiger partial charge < -0.3 is 9.26 Å². The van der Waals surface area contributed by atoms with E-state index in [1.165, 1.54) is 0 Å². The van der Waals surface area contributed by atoms with Crippen LogP contribution in [0.25, 0.3) is 0 Å². The van der Waals surface area contributed by atoms with Crippen LogP contribution in [-0.4, -0.2) is 57.4 Å². The maximum Gasteiger partial charge on any atom is 0.246 e. The van der Waals surface area contributed by atoms with E-state index in [2.05, 4.69) is 14.8 Å². The number of sulfonamides is 1. The zero-order chi connectivity index (χ0) is 14.8. The molecular weight excluding hydrogens is 282 g/mol. The average Bonchev–Trinajstić information content (AvgIpc) is 2.70. The number of hydrogen-bond donors (Lipinski definition) is 1. The van der Waals surface area contributed by atoms with Gasteiger partial charge in [-0.1, -0.05) is 5.16 Å². The molecule has 1 aromatic rings. The zero-order valence-electron chi connectivity index (χ0n) is 12.0. The molecule has 1 aromatic heterocycles. The first-order valence-corrected chi connectivity index (χ1v) is 8.14. The number of aromatic nitrogens is 1. The molecule has 0 unspecified atom stereocenters. The molecule has 1 saturated heterocycles. The van der Waals surface area contributed by atoms with Gasteiger partial charge in [0.05, 0.1) is 13.2 Å². The van der Waals surface area contributed by atoms with Crippen LogP contribution in [0, 0.1) is 13.8 Å². The van der Waals surface area contributed by atoms with Crippen LogP contribution in [0.15, 0.2) is 9.42 Å². The summed E-state index contributed by atoms with van der Waals surface area (Å²) in [6, 6.07) is -0.188. The first-order chi connectivity index (χ1) is 9.40. The van der Waals surface area contributed by atoms with Gasteiger partial charge in [0, 0.05) is 25.7 Å². The van der Waals surface area contributed by atoms with Gasteiger partial charge in [0.2, 0.25) is 10.0 Å². The number of rotatable bonds is 5. The van der Waals surface area contributed by atoms with Crippen molar-refractivity contribution in [1.82, 2.24) is 14.8 Å². The van der Waals surface area contributed by atoms with Crippen LogP contribution in [0.4, 0.5) is 0 Å². The quantitative estimate of drug-likeness (QED) is 0.841. The van der Waals surface area contributed by atoms with E-state index < -0.39 is 10.0 Å². The Morgan fingerprint density at radius 3 is 2.55 bits per heavy atom. The Kier molecular flexibility index (Phi) is 4.79. The smallest absolute Gasteiger partial charge is 0.246 e. The summed E-state index contributed by atoms with van der Waals surface area (Å²) in [5.41, 5.74) is 0.383. The van der Waals surface area contributed by atoms with Crippen molar-refractivity contribution in [2.75, 3.05) is 32.8 Å². The number of hydrogen-bond acceptors (Lipinski definition) is 6. The van der Waals surface area contributed by atoms with Gasteiger partial charge in [-0.3, -0.25) is 4.90 Å². The molecule has 20 heavy (non-hydrogen) atoms. The third-order valence-corrected chi connectivity index (χ3v) is 5.06. The Morgan fingerprint density at radius 2 is 2.00 bits per heavy atom. The van der Waals surface area contributed by atoms with E-state index in [0.29, 0.717) is 31.2 Å². The van der Waals surface area contributed by atoms with E-state index in [1.54, 1.807) is 13.8 Å². The van der Waals surface area contributed by atoms with Crippen LogP contribution in [0.2, 0.25) is 0 Å². The fourth-order valence-electron chi connectivity index (χ4n) is 2.39. The van der Waals surface area contributed by atoms with Crippen molar-refractivity contribution in [2.24, 2.45) is 0 Å². The highest BCUT2D eigenvalue weighted by Gasteiger charge is 2.26. The molecule has 0 radical (unpaired) electrons. The van der Waals surface area contributed by atoms with Gasteiger partial charge in [0.25, 0.3) is 0 Å². The van der Waals surface area contributed by atoms with Crippen LogP contribution in [0.1, 0.15) is 18.4 Å². The molecule has 1 N–H and O–H groups in total. The summed E-state index contributed by atoms with van der Waals surface area (Å²) in [4.78, 5) is 2.33. The van der Waals surface area contributed by atoms with Gasteiger partial charge in [-0.05, 0) is 20.8 Å². The molecule has 2 rings (SSSR count). The minimum atomic E-state index is -3.59. The minimum absolute atomic E-state index is 0.145. The Hall–Kier alpha value is -0.960. The summed E-state index contributed by atoms with van der Waals surface area (Å²) in [5.74, 6) is 0.313. The molecule has 0 spiro atoms. The van der Waals surface area contributed by atoms with Gasteiger partial charge in [0.1, 0.15) is 10.6 Å². The molecule has 0 amide bonds. The molecule has 1 aliphatic rings. The van der Waals surface area contributed by atoms with E-state index in [1.807, 2.05) is 6.92 Å². The van der Waals surface area contributed by atoms with Crippen LogP contribution in [-0.2, 0) is 14.8 Å². The summed E-state index contributed by atoms with van der Waals surface area (Å²) in [5, 5.41) is 3.68. The van der Waals surface area contributed by atoms with Crippen molar-refractivity contribution < 1.29 is 17.7 Å². The second-order valence-corrected chi connectivity index (χ2v) is 6.74. The maximum atomic E-state index is 12.3. The Morgan fingerprint density at radius 1 is 1.35 bits per heavy atom. The van der Waals surface area contributed by atoms with Gasteiger partial charge >= 0.3 is 0 Å². The predicted molar refractivity (Wildman–Crippen MR) is 73.0 cm³/mol. The third kappa shape index (κ3) is 3.57. The Labute approximate surface area is 119 Å². The molecule has 1 fully saturated rings. The number of morpholine rings is 1. The summed E-state index contributed by atoms with van der Waals surface area (Å²) < 4.78 is 37.5. The molecule has 0 aliphatic carbocycles. The van der Waals surface area contributed by atoms with Crippen molar-refractivity contribution in [3.05, 3.63) is 11.5 Å². The Balaban J connectivity index is 2.01. The second kappa shape index (κ2) is 6.21. The lowest BCUT2D eigenvalue weighted by molar-refractivity contribution is 0.0354. The maximum absolute atomic E-state index is 12.3. The molecule has 0 aromatic carbocycles. The number of aryl methyl sites for hydroxylation is 2. The summed E-state index contributed by atoms with van der Waals surface area (Å²) in [6.45, 7) is 8.79. The second-order valence-electron chi connectivity index (χ2n) is 5.09. The van der Waals surface area contributed by atoms with Crippen LogP contribution < -0.4 is 4.72 Å². The van der Waals surface area contributed by atoms with Crippen molar-refractivity contribution in [1.29, 1.82) is 0 Å². The van der Waals surface area contributed by atoms with Crippen LogP contribution in [0.5, 0.6) is 0 Å². The standard InChI is InChI=1S/C12H21N3O4S/c1-9(8-15-4-6-18-7-5-15)14-20(16,17)12-10(2)13-19-11(12)3/h9,14H,4-8H2,1-3H3/t9-/m1/s1. The number of nitrogens with one attached hydrogen (secondary N) is 1. The highest BCUT2D eigenvalue weighted by atomic mass is 32.2. The molecule has 0 saturated carbocycles. The molecule has 0 bridgehead atoms. The number of ether oxygens (including phenoxy) is 1. The van der Waals surface area contributed by atoms with E-state index >= 15 is 0 Å². The topological polar surface area (TPSA) is 84.7 Å². The Bertz CT molecular complexity index is 530. The molecule has 8 heteroatoms. The minimum Gasteiger partial charge on any atom is -0.379 e. The predicted octanol–water partition coefficient (Wildman–Crippen LogP) is 0.290. The SMILES string of the molecule is Cc1noc(C)c1S(=O)(=O)N[C@H](C)CN1CCOCC1. The molecule has 1 atom stereocenters. The summed E-state index contributed by atoms with van der Waals surface area (Å²) in [6.07, 6.45) is 0. The molecule has 2 heterocycles. The van der Waals surface area contributed by atoms with Gasteiger partial charge in [-0.15, -0.1) is 0 Å². The summed E-state index contributed by atoms with van der Waals surface area (Å²) in [7, 11) is -3.59. The number of nitrogens with zero attached hydrogens (tertiary/aromatic N) is 2. The van der Waals surface area contributed by atoms with Gasteiger partial charge in [0.15, 0.2) is 5.76 Å². The van der Waals surface area contributed by atoms with E-state index in [0.717, 1.165) is 13.1 Å². The lowest BCUT2D eigenvalue weighted by Crippen LogP contribution is -2.46. The van der Waals surface area contributed by atoms with Crippen LogP contribution in [0.3, 0.4) is 0 Å². The molecular formula is C12H21N3O4S. The lowest BCUT2D eigenvalue weighted by Gasteiger charge is -2.29. The van der Waals surface area contributed by atoms with Gasteiger partial charge in [-0.25, -0.2) is 13.1 Å². The van der Waals surface area contributed by atoms with Crippen LogP contribution >= 0.6 is 0 Å². The van der Waals surface area contributed by atoms with E-state index in [-0.39, 0.29) is 10.9 Å². The lowest BCUT2D eigenvalue weighted by atomic mass is 10.3. The molecule has 7 nitrogen and oxygen atoms in total. The normalized spacial score (nSPS) is 19.1. The fraction of sp³-hybridized carbons (Fsp3) is 0.750. The zero-order valence-corrected chi connectivity index (χ0v) is 12.9. The van der Waals surface area contributed by atoms with Crippen molar-refractivity contribution in [3.63, 3.8) is 0 Å². The van der Waals surface area contributed by atoms with Gasteiger partial charge in [-0.2, -0.15) is 0 Å². The molecule has 1 aliphatic heterocycles. The first kappa shape index (κ1) is 15.4. The largest absolute Gasteiger partial charge is 0.379 e. The van der Waals surface area contributed by atoms with Crippen molar-refractivity contribution >= 4 is 10.0 Å². The fourth-order valence-corrected chi connectivity index (χ4v) is 3.95. The van der Waals surface area contributed by atoms with E-state index in [9.17, 15) is 8.42 Å². The monoisotopic (exact) mass is 303 g/mol. The van der Waals surface area contributed by atoms with E-state index in [4.69, 9.17) is 9.26 Å². The highest BCUT2D eigenvalue weighted by molar-refractivity contribution is 7.89. The summed E-state index contributed by atoms with van der Waals surface area (Å²) >= 11 is 0. The third-order valence-electron chi connectivity index (χ3n) is 3.23. The van der Waals surface area contributed by atoms with Crippen molar-refractivity contribution in [2.45, 2.75) is 31.7 Å². The van der Waals surface area contributed by atoms with Crippen molar-refractivity contribution in [3.8, 4) is 0 Å². The molecule has 114 valence electrons. The average molecular weight is 303 g/mol.